The summed E-state index contributed by atoms with van der Waals surface area (Å²) in [5.41, 5.74) is 13.4. The van der Waals surface area contributed by atoms with E-state index in [4.69, 9.17) is 36.3 Å². The van der Waals surface area contributed by atoms with Gasteiger partial charge in [0.05, 0.1) is 39.5 Å². The third-order valence-electron chi connectivity index (χ3n) is 13.8. The van der Waals surface area contributed by atoms with Crippen molar-refractivity contribution in [2.45, 2.75) is 163 Å². The second-order valence-corrected chi connectivity index (χ2v) is 19.0. The molecular weight excluding hydrogens is 699 g/mol. The number of rotatable bonds is 9. The number of azo groups is 2. The summed E-state index contributed by atoms with van der Waals surface area (Å²) < 4.78 is 41.4. The van der Waals surface area contributed by atoms with Crippen molar-refractivity contribution in [2.75, 3.05) is 0 Å². The van der Waals surface area contributed by atoms with Crippen LogP contribution in [-0.2, 0) is 19.5 Å². The SMILES string of the molecule is CC1CC(C2CCC(N=NC3CC(S(=O)(=O)[O-])C4CCCCC4C3N)C(C)C2)CCC1N=NC1CC(SOO[O-])C2CCCCC2C1N.[Na+].[Na+]. The van der Waals surface area contributed by atoms with Gasteiger partial charge in [-0.3, -0.25) is 5.04 Å². The van der Waals surface area contributed by atoms with Crippen LogP contribution in [-0.4, -0.2) is 59.7 Å². The van der Waals surface area contributed by atoms with E-state index in [0.29, 0.717) is 35.5 Å². The van der Waals surface area contributed by atoms with Gasteiger partial charge >= 0.3 is 59.1 Å². The van der Waals surface area contributed by atoms with Crippen molar-refractivity contribution in [3.8, 4) is 0 Å². The topological polar surface area (TPSA) is 200 Å². The molecular formula is C34H58N6Na2O6S2. The van der Waals surface area contributed by atoms with Crippen LogP contribution >= 0.6 is 12.0 Å². The maximum absolute atomic E-state index is 12.2. The Morgan fingerprint density at radius 2 is 1.06 bits per heavy atom. The van der Waals surface area contributed by atoms with Crippen LogP contribution in [0.2, 0.25) is 0 Å². The van der Waals surface area contributed by atoms with Gasteiger partial charge in [-0.1, -0.05) is 39.5 Å². The van der Waals surface area contributed by atoms with Gasteiger partial charge in [-0.2, -0.15) is 24.8 Å². The first-order valence-electron chi connectivity index (χ1n) is 18.9. The molecule has 4 N–H and O–H groups in total. The zero-order valence-electron chi connectivity index (χ0n) is 30.8. The van der Waals surface area contributed by atoms with Crippen molar-refractivity contribution in [3.63, 3.8) is 0 Å². The van der Waals surface area contributed by atoms with Crippen LogP contribution in [0.5, 0.6) is 0 Å². The Morgan fingerprint density at radius 1 is 0.620 bits per heavy atom. The Bertz CT molecular complexity index is 1240. The van der Waals surface area contributed by atoms with E-state index in [1.165, 1.54) is 12.8 Å². The second-order valence-electron chi connectivity index (χ2n) is 16.5. The summed E-state index contributed by atoms with van der Waals surface area (Å²) in [5.74, 6) is 2.86. The molecule has 274 valence electrons. The number of nitrogens with zero attached hydrogens (tertiary/aromatic N) is 4. The average Bonchev–Trinajstić information content (AvgIpc) is 3.07. The molecule has 0 bridgehead atoms. The molecule has 0 heterocycles. The maximum Gasteiger partial charge on any atom is 1.00 e. The Morgan fingerprint density at radius 3 is 1.54 bits per heavy atom. The van der Waals surface area contributed by atoms with Gasteiger partial charge in [-0.25, -0.2) is 8.42 Å². The summed E-state index contributed by atoms with van der Waals surface area (Å²) in [6.45, 7) is 4.58. The van der Waals surface area contributed by atoms with Gasteiger partial charge in [0.1, 0.15) is 0 Å². The molecule has 16 unspecified atom stereocenters. The molecule has 0 aliphatic heterocycles. The summed E-state index contributed by atoms with van der Waals surface area (Å²) in [7, 11) is -4.40. The molecule has 6 aliphatic rings. The van der Waals surface area contributed by atoms with Crippen molar-refractivity contribution < 1.29 is 86.7 Å². The van der Waals surface area contributed by atoms with Crippen LogP contribution in [0.4, 0.5) is 0 Å². The predicted molar refractivity (Wildman–Crippen MR) is 181 cm³/mol. The van der Waals surface area contributed by atoms with E-state index in [2.05, 4.69) is 18.9 Å². The molecule has 6 rings (SSSR count). The van der Waals surface area contributed by atoms with Gasteiger partial charge in [0.25, 0.3) is 0 Å². The van der Waals surface area contributed by atoms with Gasteiger partial charge < -0.3 is 21.3 Å². The molecule has 16 heteroatoms. The van der Waals surface area contributed by atoms with Crippen molar-refractivity contribution >= 4 is 22.2 Å². The van der Waals surface area contributed by atoms with Gasteiger partial charge in [-0.05, 0) is 124 Å². The molecule has 0 radical (unpaired) electrons. The number of nitrogens with two attached hydrogens (primary N) is 2. The van der Waals surface area contributed by atoms with E-state index in [9.17, 15) is 18.2 Å². The smallest absolute Gasteiger partial charge is 0.748 e. The van der Waals surface area contributed by atoms with Gasteiger partial charge in [-0.15, -0.1) is 0 Å². The molecule has 0 saturated heterocycles. The summed E-state index contributed by atoms with van der Waals surface area (Å²) in [5, 5.41) is 32.8. The van der Waals surface area contributed by atoms with Crippen LogP contribution in [0.1, 0.15) is 117 Å². The van der Waals surface area contributed by atoms with Crippen LogP contribution < -0.4 is 75.8 Å². The molecule has 6 saturated carbocycles. The number of fused-ring (bicyclic) bond motifs is 2. The van der Waals surface area contributed by atoms with E-state index in [0.717, 1.165) is 95.5 Å². The van der Waals surface area contributed by atoms with Crippen LogP contribution in [0, 0.1) is 47.3 Å². The first kappa shape index (κ1) is 44.0. The summed E-state index contributed by atoms with van der Waals surface area (Å²) >= 11 is 1.14. The Balaban J connectivity index is 0.00000281. The second kappa shape index (κ2) is 19.9. The van der Waals surface area contributed by atoms with Gasteiger partial charge in [0.15, 0.2) is 0 Å². The summed E-state index contributed by atoms with van der Waals surface area (Å²) in [4.78, 5) is 0. The Hall–Kier alpha value is 1.26. The monoisotopic (exact) mass is 756 g/mol. The normalized spacial score (nSPS) is 45.6. The molecule has 50 heavy (non-hydrogen) atoms. The molecule has 0 spiro atoms. The number of hydrogen-bond acceptors (Lipinski definition) is 13. The third kappa shape index (κ3) is 10.4. The molecule has 6 fully saturated rings. The molecule has 6 aliphatic carbocycles. The fraction of sp³-hybridized carbons (Fsp3) is 1.00. The van der Waals surface area contributed by atoms with Crippen molar-refractivity contribution in [3.05, 3.63) is 0 Å². The van der Waals surface area contributed by atoms with Crippen molar-refractivity contribution in [2.24, 2.45) is 79.3 Å². The minimum Gasteiger partial charge on any atom is -0.748 e. The first-order valence-corrected chi connectivity index (χ1v) is 21.2. The van der Waals surface area contributed by atoms with Crippen molar-refractivity contribution in [1.29, 1.82) is 0 Å². The Labute approximate surface area is 348 Å². The third-order valence-corrected chi connectivity index (χ3v) is 16.0. The minimum atomic E-state index is -4.40. The molecule has 0 aromatic carbocycles. The molecule has 16 atom stereocenters. The molecule has 0 aromatic heterocycles. The van der Waals surface area contributed by atoms with Crippen LogP contribution in [0.25, 0.3) is 0 Å². The van der Waals surface area contributed by atoms with E-state index in [1.54, 1.807) is 0 Å². The van der Waals surface area contributed by atoms with E-state index in [1.807, 2.05) is 0 Å². The van der Waals surface area contributed by atoms with Gasteiger partial charge in [0.2, 0.25) is 0 Å². The first-order chi connectivity index (χ1) is 23.0. The van der Waals surface area contributed by atoms with E-state index >= 15 is 0 Å². The summed E-state index contributed by atoms with van der Waals surface area (Å²) in [6, 6.07) is -0.386. The van der Waals surface area contributed by atoms with E-state index < -0.39 is 21.4 Å². The van der Waals surface area contributed by atoms with Crippen LogP contribution in [0.15, 0.2) is 20.5 Å². The van der Waals surface area contributed by atoms with E-state index in [-0.39, 0.29) is 113 Å². The molecule has 0 amide bonds. The fourth-order valence-corrected chi connectivity index (χ4v) is 13.2. The quantitative estimate of drug-likeness (QED) is 0.0776. The summed E-state index contributed by atoms with van der Waals surface area (Å²) in [6.07, 6.45) is 15.7. The average molecular weight is 757 g/mol. The van der Waals surface area contributed by atoms with Gasteiger partial charge in [0, 0.05) is 29.4 Å². The number of hydrogen-bond donors (Lipinski definition) is 2. The fourth-order valence-electron chi connectivity index (χ4n) is 11.1. The molecule has 0 aromatic rings. The predicted octanol–water partition coefficient (Wildman–Crippen LogP) is -0.525. The largest absolute Gasteiger partial charge is 1.00 e. The Kier molecular flexibility index (Phi) is 17.5. The van der Waals surface area contributed by atoms with Crippen molar-refractivity contribution in [1.82, 2.24) is 0 Å². The molecule has 12 nitrogen and oxygen atoms in total. The maximum atomic E-state index is 12.2. The standard InChI is InChI=1S/C34H60N6O6S2.2Na/c1-19-15-21(11-13-27(19)37-39-29-17-31(47-46-45-41)23-7-3-5-9-25(23)33(29)35)22-12-14-28(20(2)16-22)38-40-30-18-32(48(42,43)44)24-8-4-6-10-26(24)34(30)36;;/h19-34,41H,3-18,35-36H2,1-2H3,(H,42,43,44);;/q;2*+1/p-2. The zero-order chi connectivity index (χ0) is 34.0. The minimum absolute atomic E-state index is 0. The van der Waals surface area contributed by atoms with Crippen LogP contribution in [0.3, 0.4) is 0 Å². The zero-order valence-corrected chi connectivity index (χ0v) is 36.4.